The maximum atomic E-state index is 12.8. The van der Waals surface area contributed by atoms with Crippen LogP contribution in [0.5, 0.6) is 0 Å². The van der Waals surface area contributed by atoms with Crippen LogP contribution in [0.3, 0.4) is 0 Å². The van der Waals surface area contributed by atoms with Crippen molar-refractivity contribution in [3.63, 3.8) is 0 Å². The molecule has 24 heavy (non-hydrogen) atoms. The first-order valence-electron chi connectivity index (χ1n) is 7.56. The van der Waals surface area contributed by atoms with Gasteiger partial charge in [-0.15, -0.1) is 11.8 Å². The molecule has 3 aromatic rings. The number of fused-ring (bicyclic) bond motifs is 1. The Hall–Kier alpha value is -1.30. The zero-order chi connectivity index (χ0) is 17.3. The highest BCUT2D eigenvalue weighted by Crippen LogP contribution is 2.26. The molecular formula is C18H16BrClN2OS. The van der Waals surface area contributed by atoms with E-state index in [0.717, 1.165) is 26.2 Å². The maximum absolute atomic E-state index is 12.8. The van der Waals surface area contributed by atoms with E-state index in [9.17, 15) is 4.79 Å². The van der Waals surface area contributed by atoms with Gasteiger partial charge in [0, 0.05) is 14.4 Å². The summed E-state index contributed by atoms with van der Waals surface area (Å²) in [6.45, 7) is 4.54. The molecule has 124 valence electrons. The number of thioether (sulfide) groups is 1. The molecule has 0 saturated carbocycles. The molecule has 0 fully saturated rings. The van der Waals surface area contributed by atoms with Crippen molar-refractivity contribution in [2.24, 2.45) is 0 Å². The van der Waals surface area contributed by atoms with Crippen LogP contribution in [0.15, 0.2) is 50.8 Å². The van der Waals surface area contributed by atoms with Gasteiger partial charge in [0.15, 0.2) is 0 Å². The highest BCUT2D eigenvalue weighted by Gasteiger charge is 2.10. The molecule has 0 aliphatic heterocycles. The van der Waals surface area contributed by atoms with E-state index >= 15 is 0 Å². The molecule has 0 aliphatic rings. The van der Waals surface area contributed by atoms with Crippen LogP contribution in [0.1, 0.15) is 18.1 Å². The predicted octanol–water partition coefficient (Wildman–Crippen LogP) is 5.28. The van der Waals surface area contributed by atoms with Crippen LogP contribution in [0.4, 0.5) is 0 Å². The Morgan fingerprint density at radius 3 is 2.83 bits per heavy atom. The van der Waals surface area contributed by atoms with Crippen molar-refractivity contribution in [2.45, 2.75) is 25.3 Å². The van der Waals surface area contributed by atoms with E-state index in [0.29, 0.717) is 22.5 Å². The fourth-order valence-electron chi connectivity index (χ4n) is 2.55. The highest BCUT2D eigenvalue weighted by molar-refractivity contribution is 9.10. The van der Waals surface area contributed by atoms with Gasteiger partial charge >= 0.3 is 0 Å². The lowest BCUT2D eigenvalue weighted by Crippen LogP contribution is -2.21. The summed E-state index contributed by atoms with van der Waals surface area (Å²) in [5.41, 5.74) is 2.76. The zero-order valence-corrected chi connectivity index (χ0v) is 16.5. The molecule has 0 atom stereocenters. The second kappa shape index (κ2) is 7.30. The standard InChI is InChI=1S/C18H16BrClN2OS/c1-3-24-17-5-4-13(20)7-12(17)9-22-10-21-16-6-11(2)15(19)8-14(16)18(22)23/h4-8,10H,3,9H2,1-2H3. The third-order valence-corrected chi connectivity index (χ3v) is 5.85. The minimum Gasteiger partial charge on any atom is -0.294 e. The smallest absolute Gasteiger partial charge is 0.261 e. The van der Waals surface area contributed by atoms with Crippen molar-refractivity contribution < 1.29 is 0 Å². The van der Waals surface area contributed by atoms with E-state index in [4.69, 9.17) is 11.6 Å². The molecule has 0 unspecified atom stereocenters. The van der Waals surface area contributed by atoms with Crippen LogP contribution in [-0.4, -0.2) is 15.3 Å². The molecule has 0 aliphatic carbocycles. The topological polar surface area (TPSA) is 34.9 Å². The van der Waals surface area contributed by atoms with Gasteiger partial charge in [-0.3, -0.25) is 9.36 Å². The summed E-state index contributed by atoms with van der Waals surface area (Å²) < 4.78 is 2.55. The molecule has 6 heteroatoms. The van der Waals surface area contributed by atoms with Crippen LogP contribution in [0, 0.1) is 6.92 Å². The summed E-state index contributed by atoms with van der Waals surface area (Å²) in [6.07, 6.45) is 1.61. The first-order valence-corrected chi connectivity index (χ1v) is 9.71. The molecule has 3 rings (SSSR count). The molecule has 2 aromatic carbocycles. The van der Waals surface area contributed by atoms with Gasteiger partial charge in [0.25, 0.3) is 5.56 Å². The fourth-order valence-corrected chi connectivity index (χ4v) is 3.87. The van der Waals surface area contributed by atoms with E-state index in [1.807, 2.05) is 37.3 Å². The Bertz CT molecular complexity index is 971. The van der Waals surface area contributed by atoms with Crippen LogP contribution < -0.4 is 5.56 Å². The molecule has 3 nitrogen and oxygen atoms in total. The number of aryl methyl sites for hydroxylation is 1. The Morgan fingerprint density at radius 1 is 1.29 bits per heavy atom. The third-order valence-electron chi connectivity index (χ3n) is 3.77. The molecule has 1 heterocycles. The highest BCUT2D eigenvalue weighted by atomic mass is 79.9. The predicted molar refractivity (Wildman–Crippen MR) is 105 cm³/mol. The van der Waals surface area contributed by atoms with Crippen LogP contribution in [-0.2, 0) is 6.54 Å². The zero-order valence-electron chi connectivity index (χ0n) is 13.3. The van der Waals surface area contributed by atoms with Crippen LogP contribution in [0.25, 0.3) is 10.9 Å². The lowest BCUT2D eigenvalue weighted by Gasteiger charge is -2.12. The van der Waals surface area contributed by atoms with Crippen molar-refractivity contribution in [1.82, 2.24) is 9.55 Å². The van der Waals surface area contributed by atoms with E-state index in [1.165, 1.54) is 0 Å². The Labute approximate surface area is 158 Å². The Morgan fingerprint density at radius 2 is 2.08 bits per heavy atom. The minimum absolute atomic E-state index is 0.0480. The van der Waals surface area contributed by atoms with E-state index in [-0.39, 0.29) is 5.56 Å². The molecule has 0 amide bonds. The third kappa shape index (κ3) is 3.53. The summed E-state index contributed by atoms with van der Waals surface area (Å²) in [6, 6.07) is 9.57. The summed E-state index contributed by atoms with van der Waals surface area (Å²) in [5.74, 6) is 0.964. The van der Waals surface area contributed by atoms with Crippen molar-refractivity contribution >= 4 is 50.2 Å². The van der Waals surface area contributed by atoms with E-state index < -0.39 is 0 Å². The molecule has 0 radical (unpaired) electrons. The molecular weight excluding hydrogens is 408 g/mol. The van der Waals surface area contributed by atoms with Crippen molar-refractivity contribution in [2.75, 3.05) is 5.75 Å². The number of halogens is 2. The van der Waals surface area contributed by atoms with Gasteiger partial charge in [-0.25, -0.2) is 4.98 Å². The maximum Gasteiger partial charge on any atom is 0.261 e. The van der Waals surface area contributed by atoms with Gasteiger partial charge in [0.1, 0.15) is 0 Å². The summed E-state index contributed by atoms with van der Waals surface area (Å²) in [7, 11) is 0. The largest absolute Gasteiger partial charge is 0.294 e. The van der Waals surface area contributed by atoms with Crippen LogP contribution in [0.2, 0.25) is 5.02 Å². The van der Waals surface area contributed by atoms with Crippen LogP contribution >= 0.6 is 39.3 Å². The van der Waals surface area contributed by atoms with Crippen molar-refractivity contribution in [3.05, 3.63) is 67.6 Å². The minimum atomic E-state index is -0.0480. The molecule has 0 saturated heterocycles. The lowest BCUT2D eigenvalue weighted by atomic mass is 10.1. The number of hydrogen-bond donors (Lipinski definition) is 0. The van der Waals surface area contributed by atoms with Gasteiger partial charge in [0.2, 0.25) is 0 Å². The number of aromatic nitrogens is 2. The van der Waals surface area contributed by atoms with Gasteiger partial charge in [-0.05, 0) is 54.1 Å². The van der Waals surface area contributed by atoms with Crippen molar-refractivity contribution in [3.8, 4) is 0 Å². The van der Waals surface area contributed by atoms with Gasteiger partial charge in [0.05, 0.1) is 23.8 Å². The normalized spacial score (nSPS) is 11.2. The number of benzene rings is 2. The lowest BCUT2D eigenvalue weighted by molar-refractivity contribution is 0.738. The SMILES string of the molecule is CCSc1ccc(Cl)cc1Cn1cnc2cc(C)c(Br)cc2c1=O. The second-order valence-corrected chi connectivity index (χ2v) is 8.08. The number of hydrogen-bond acceptors (Lipinski definition) is 3. The van der Waals surface area contributed by atoms with Gasteiger partial charge in [-0.1, -0.05) is 34.5 Å². The average molecular weight is 424 g/mol. The Balaban J connectivity index is 2.08. The molecule has 0 bridgehead atoms. The number of nitrogens with zero attached hydrogens (tertiary/aromatic N) is 2. The Kier molecular flexibility index (Phi) is 5.33. The van der Waals surface area contributed by atoms with E-state index in [2.05, 4.69) is 27.8 Å². The summed E-state index contributed by atoms with van der Waals surface area (Å²) in [4.78, 5) is 18.4. The second-order valence-electron chi connectivity index (χ2n) is 5.48. The van der Waals surface area contributed by atoms with Crippen molar-refractivity contribution in [1.29, 1.82) is 0 Å². The molecule has 0 spiro atoms. The average Bonchev–Trinajstić information content (AvgIpc) is 2.55. The first kappa shape index (κ1) is 17.5. The summed E-state index contributed by atoms with van der Waals surface area (Å²) in [5, 5.41) is 1.28. The molecule has 0 N–H and O–H groups in total. The van der Waals surface area contributed by atoms with E-state index in [1.54, 1.807) is 22.7 Å². The first-order chi connectivity index (χ1) is 11.5. The van der Waals surface area contributed by atoms with Gasteiger partial charge < -0.3 is 0 Å². The fraction of sp³-hybridized carbons (Fsp3) is 0.222. The summed E-state index contributed by atoms with van der Waals surface area (Å²) >= 11 is 11.4. The monoisotopic (exact) mass is 422 g/mol. The number of rotatable bonds is 4. The quantitative estimate of drug-likeness (QED) is 0.535. The van der Waals surface area contributed by atoms with Gasteiger partial charge in [-0.2, -0.15) is 0 Å². The molecule has 1 aromatic heterocycles.